The van der Waals surface area contributed by atoms with Crippen LogP contribution in [0.1, 0.15) is 41.5 Å². The van der Waals surface area contributed by atoms with E-state index in [2.05, 4.69) is 47.6 Å². The number of halogens is 1. The van der Waals surface area contributed by atoms with Crippen LogP contribution in [0.15, 0.2) is 79.0 Å². The van der Waals surface area contributed by atoms with E-state index >= 15 is 0 Å². The molecule has 1 aliphatic carbocycles. The molecule has 3 aromatic carbocycles. The van der Waals surface area contributed by atoms with Gasteiger partial charge in [0.25, 0.3) is 0 Å². The topological polar surface area (TPSA) is 37.8 Å². The van der Waals surface area contributed by atoms with Gasteiger partial charge in [-0.2, -0.15) is 0 Å². The van der Waals surface area contributed by atoms with Gasteiger partial charge in [0.05, 0.1) is 5.69 Å². The second-order valence-electron chi connectivity index (χ2n) is 8.01. The van der Waals surface area contributed by atoms with E-state index in [1.54, 1.807) is 6.07 Å². The summed E-state index contributed by atoms with van der Waals surface area (Å²) in [6.07, 6.45) is 4.72. The van der Waals surface area contributed by atoms with Gasteiger partial charge in [0.15, 0.2) is 0 Å². The summed E-state index contributed by atoms with van der Waals surface area (Å²) in [6, 6.07) is 23.6. The quantitative estimate of drug-likeness (QED) is 0.400. The lowest BCUT2D eigenvalue weighted by Gasteiger charge is -2.27. The van der Waals surface area contributed by atoms with E-state index in [0.717, 1.165) is 46.5 Å². The first-order valence-corrected chi connectivity index (χ1v) is 10.8. The number of fused-ring (bicyclic) bond motifs is 3. The normalized spacial score (nSPS) is 14.6. The Kier molecular flexibility index (Phi) is 5.21. The number of aryl methyl sites for hydroxylation is 1. The van der Waals surface area contributed by atoms with Crippen molar-refractivity contribution < 1.29 is 4.39 Å². The Morgan fingerprint density at radius 3 is 2.61 bits per heavy atom. The van der Waals surface area contributed by atoms with Crippen molar-refractivity contribution in [2.45, 2.75) is 32.1 Å². The Labute approximate surface area is 182 Å². The molecule has 1 atom stereocenters. The van der Waals surface area contributed by atoms with E-state index < -0.39 is 0 Å². The van der Waals surface area contributed by atoms with Crippen molar-refractivity contribution in [2.24, 2.45) is 0 Å². The van der Waals surface area contributed by atoms with Crippen molar-refractivity contribution in [3.8, 4) is 11.3 Å². The molecule has 1 unspecified atom stereocenters. The Morgan fingerprint density at radius 2 is 1.77 bits per heavy atom. The Morgan fingerprint density at radius 1 is 0.968 bits per heavy atom. The molecule has 31 heavy (non-hydrogen) atoms. The van der Waals surface area contributed by atoms with E-state index in [-0.39, 0.29) is 11.7 Å². The minimum Gasteiger partial charge on any atom is -0.324 e. The first-order chi connectivity index (χ1) is 15.2. The van der Waals surface area contributed by atoms with E-state index in [1.165, 1.54) is 11.6 Å². The van der Waals surface area contributed by atoms with Gasteiger partial charge in [0, 0.05) is 23.4 Å². The minimum absolute atomic E-state index is 0.0435. The van der Waals surface area contributed by atoms with Crippen LogP contribution in [0.3, 0.4) is 0 Å². The summed E-state index contributed by atoms with van der Waals surface area (Å²) in [7, 11) is 0. The molecule has 1 N–H and O–H groups in total. The van der Waals surface area contributed by atoms with Gasteiger partial charge < -0.3 is 5.32 Å². The molecule has 1 aromatic heterocycles. The molecule has 4 heteroatoms. The lowest BCUT2D eigenvalue weighted by molar-refractivity contribution is 0.593. The average Bonchev–Trinajstić information content (AvgIpc) is 2.80. The Balaban J connectivity index is 1.52. The second-order valence-corrected chi connectivity index (χ2v) is 8.01. The zero-order chi connectivity index (χ0) is 21.2. The summed E-state index contributed by atoms with van der Waals surface area (Å²) in [5.74, 6) is 0.362. The molecule has 0 amide bonds. The highest BCUT2D eigenvalue weighted by Gasteiger charge is 2.28. The fourth-order valence-electron chi connectivity index (χ4n) is 4.45. The molecular weight excluding hydrogens is 385 g/mol. The van der Waals surface area contributed by atoms with Crippen LogP contribution in [-0.2, 0) is 12.8 Å². The third kappa shape index (κ3) is 3.81. The van der Waals surface area contributed by atoms with Gasteiger partial charge >= 0.3 is 0 Å². The van der Waals surface area contributed by atoms with Crippen molar-refractivity contribution in [1.29, 1.82) is 0 Å². The van der Waals surface area contributed by atoms with Crippen LogP contribution in [0.25, 0.3) is 11.3 Å². The first kappa shape index (κ1) is 19.4. The number of aromatic nitrogens is 2. The summed E-state index contributed by atoms with van der Waals surface area (Å²) < 4.78 is 14.6. The highest BCUT2D eigenvalue weighted by Crippen LogP contribution is 2.42. The largest absolute Gasteiger partial charge is 0.324 e. The molecule has 3 nitrogen and oxygen atoms in total. The fourth-order valence-corrected chi connectivity index (χ4v) is 4.45. The third-order valence-corrected chi connectivity index (χ3v) is 5.88. The van der Waals surface area contributed by atoms with Crippen molar-refractivity contribution in [1.82, 2.24) is 9.97 Å². The Bertz CT molecular complexity index is 1230. The highest BCUT2D eigenvalue weighted by molar-refractivity contribution is 5.73. The van der Waals surface area contributed by atoms with E-state index in [4.69, 9.17) is 4.98 Å². The lowest BCUT2D eigenvalue weighted by Crippen LogP contribution is -2.16. The van der Waals surface area contributed by atoms with Crippen LogP contribution >= 0.6 is 0 Å². The molecule has 1 heterocycles. The molecular formula is C27H24FN3. The van der Waals surface area contributed by atoms with Gasteiger partial charge in [-0.15, -0.1) is 0 Å². The number of anilines is 2. The molecule has 5 rings (SSSR count). The fraction of sp³-hybridized carbons (Fsp3) is 0.185. The molecule has 0 radical (unpaired) electrons. The number of nitrogens with one attached hydrogen (secondary N) is 1. The zero-order valence-corrected chi connectivity index (χ0v) is 17.5. The molecule has 0 saturated carbocycles. The average molecular weight is 410 g/mol. The predicted molar refractivity (Wildman–Crippen MR) is 123 cm³/mol. The number of hydrogen-bond acceptors (Lipinski definition) is 3. The van der Waals surface area contributed by atoms with Crippen LogP contribution in [0.5, 0.6) is 0 Å². The Hall–Kier alpha value is -3.53. The molecule has 4 aromatic rings. The first-order valence-electron chi connectivity index (χ1n) is 10.8. The van der Waals surface area contributed by atoms with Gasteiger partial charge in [-0.05, 0) is 53.3 Å². The molecule has 0 fully saturated rings. The zero-order valence-electron chi connectivity index (χ0n) is 17.5. The second kappa shape index (κ2) is 8.31. The van der Waals surface area contributed by atoms with Crippen LogP contribution in [0.4, 0.5) is 16.0 Å². The van der Waals surface area contributed by atoms with Crippen molar-refractivity contribution >= 4 is 11.6 Å². The minimum atomic E-state index is -0.170. The van der Waals surface area contributed by atoms with E-state index in [9.17, 15) is 4.39 Å². The predicted octanol–water partition coefficient (Wildman–Crippen LogP) is 6.67. The smallest absolute Gasteiger partial charge is 0.227 e. The number of benzene rings is 3. The molecule has 0 bridgehead atoms. The maximum atomic E-state index is 14.6. The molecule has 0 aliphatic heterocycles. The maximum Gasteiger partial charge on any atom is 0.227 e. The summed E-state index contributed by atoms with van der Waals surface area (Å²) in [5.41, 5.74) is 7.11. The van der Waals surface area contributed by atoms with Crippen LogP contribution < -0.4 is 5.32 Å². The maximum absolute atomic E-state index is 14.6. The van der Waals surface area contributed by atoms with Gasteiger partial charge in [-0.1, -0.05) is 67.9 Å². The number of hydrogen-bond donors (Lipinski definition) is 1. The molecule has 1 aliphatic rings. The van der Waals surface area contributed by atoms with Crippen LogP contribution in [-0.4, -0.2) is 9.97 Å². The third-order valence-electron chi connectivity index (χ3n) is 5.88. The molecule has 0 spiro atoms. The summed E-state index contributed by atoms with van der Waals surface area (Å²) >= 11 is 0. The van der Waals surface area contributed by atoms with Gasteiger partial charge in [0.2, 0.25) is 5.95 Å². The SMILES string of the molecule is CCCc1cccc(Nc2ncc3c(n2)-c2ccccc2C(c2ccccc2F)C3)c1. The van der Waals surface area contributed by atoms with E-state index in [1.807, 2.05) is 36.5 Å². The van der Waals surface area contributed by atoms with Crippen LogP contribution in [0.2, 0.25) is 0 Å². The summed E-state index contributed by atoms with van der Waals surface area (Å²) in [6.45, 7) is 2.18. The number of rotatable bonds is 5. The van der Waals surface area contributed by atoms with E-state index in [0.29, 0.717) is 12.4 Å². The highest BCUT2D eigenvalue weighted by atomic mass is 19.1. The van der Waals surface area contributed by atoms with Gasteiger partial charge in [0.1, 0.15) is 5.82 Å². The summed E-state index contributed by atoms with van der Waals surface area (Å²) in [4.78, 5) is 9.43. The van der Waals surface area contributed by atoms with Crippen molar-refractivity contribution in [2.75, 3.05) is 5.32 Å². The summed E-state index contributed by atoms with van der Waals surface area (Å²) in [5, 5.41) is 3.35. The standard InChI is InChI=1S/C27H24FN3/c1-2-8-18-9-7-10-20(15-18)30-27-29-17-19-16-24(22-12-5-6-14-25(22)28)21-11-3-4-13-23(21)26(19)31-27/h3-7,9-15,17,24H,2,8,16H2,1H3,(H,29,30,31). The lowest BCUT2D eigenvalue weighted by atomic mass is 9.78. The molecule has 0 saturated heterocycles. The number of nitrogens with zero attached hydrogens (tertiary/aromatic N) is 2. The monoisotopic (exact) mass is 409 g/mol. The van der Waals surface area contributed by atoms with Crippen LogP contribution in [0, 0.1) is 5.82 Å². The van der Waals surface area contributed by atoms with Gasteiger partial charge in [-0.25, -0.2) is 14.4 Å². The van der Waals surface area contributed by atoms with Crippen molar-refractivity contribution in [3.63, 3.8) is 0 Å². The van der Waals surface area contributed by atoms with Crippen molar-refractivity contribution in [3.05, 3.63) is 107 Å². The molecule has 154 valence electrons. The van der Waals surface area contributed by atoms with Gasteiger partial charge in [-0.3, -0.25) is 0 Å².